The molecule has 0 saturated heterocycles. The van der Waals surface area contributed by atoms with Crippen molar-refractivity contribution in [2.75, 3.05) is 0 Å². The van der Waals surface area contributed by atoms with Crippen molar-refractivity contribution in [2.24, 2.45) is 0 Å². The molecule has 0 N–H and O–H groups in total. The van der Waals surface area contributed by atoms with Gasteiger partial charge in [0.15, 0.2) is 5.58 Å². The summed E-state index contributed by atoms with van der Waals surface area (Å²) in [6, 6.07) is 15.0. The van der Waals surface area contributed by atoms with Crippen LogP contribution in [0.2, 0.25) is 0 Å². The fourth-order valence-corrected chi connectivity index (χ4v) is 2.55. The molecule has 0 aliphatic rings. The van der Waals surface area contributed by atoms with Gasteiger partial charge >= 0.3 is 5.63 Å². The Bertz CT molecular complexity index is 1010. The summed E-state index contributed by atoms with van der Waals surface area (Å²) >= 11 is 0. The van der Waals surface area contributed by atoms with Gasteiger partial charge in [-0.2, -0.15) is 0 Å². The van der Waals surface area contributed by atoms with Gasteiger partial charge in [0, 0.05) is 23.1 Å². The third-order valence-electron chi connectivity index (χ3n) is 3.59. The van der Waals surface area contributed by atoms with Gasteiger partial charge in [0.05, 0.1) is 5.39 Å². The van der Waals surface area contributed by atoms with Crippen LogP contribution < -0.4 is 5.63 Å². The molecular formula is C17H11NO3. The topological polar surface area (TPSA) is 56.2 Å². The molecule has 4 rings (SSSR count). The minimum atomic E-state index is -0.359. The number of aryl methyl sites for hydroxylation is 1. The second-order valence-corrected chi connectivity index (χ2v) is 4.99. The van der Waals surface area contributed by atoms with Crippen molar-refractivity contribution < 1.29 is 8.94 Å². The SMILES string of the molecule is Cc1cc(=O)oc2cc3onc(-c4ccccc4)c3cc12. The molecule has 0 unspecified atom stereocenters. The van der Waals surface area contributed by atoms with Gasteiger partial charge in [0.25, 0.3) is 0 Å². The van der Waals surface area contributed by atoms with E-state index >= 15 is 0 Å². The van der Waals surface area contributed by atoms with Crippen molar-refractivity contribution in [3.63, 3.8) is 0 Å². The van der Waals surface area contributed by atoms with E-state index in [0.29, 0.717) is 11.2 Å². The van der Waals surface area contributed by atoms with Crippen molar-refractivity contribution in [1.82, 2.24) is 5.16 Å². The lowest BCUT2D eigenvalue weighted by Gasteiger charge is -2.01. The summed E-state index contributed by atoms with van der Waals surface area (Å²) in [5.41, 5.74) is 3.42. The number of rotatable bonds is 1. The molecule has 4 nitrogen and oxygen atoms in total. The third kappa shape index (κ3) is 1.84. The predicted molar refractivity (Wildman–Crippen MR) is 80.2 cm³/mol. The number of aromatic nitrogens is 1. The van der Waals surface area contributed by atoms with E-state index in [0.717, 1.165) is 27.6 Å². The van der Waals surface area contributed by atoms with E-state index in [1.54, 1.807) is 6.07 Å². The van der Waals surface area contributed by atoms with Crippen molar-refractivity contribution in [3.05, 3.63) is 64.5 Å². The summed E-state index contributed by atoms with van der Waals surface area (Å²) < 4.78 is 10.6. The van der Waals surface area contributed by atoms with Crippen LogP contribution >= 0.6 is 0 Å². The quantitative estimate of drug-likeness (QED) is 0.495. The Hall–Kier alpha value is -2.88. The third-order valence-corrected chi connectivity index (χ3v) is 3.59. The zero-order chi connectivity index (χ0) is 14.4. The van der Waals surface area contributed by atoms with Crippen LogP contribution in [0.1, 0.15) is 5.56 Å². The first-order valence-corrected chi connectivity index (χ1v) is 6.62. The van der Waals surface area contributed by atoms with Crippen LogP contribution in [0.25, 0.3) is 33.2 Å². The van der Waals surface area contributed by atoms with Crippen LogP contribution in [0.4, 0.5) is 0 Å². The molecule has 0 atom stereocenters. The maximum atomic E-state index is 11.5. The maximum Gasteiger partial charge on any atom is 0.336 e. The lowest BCUT2D eigenvalue weighted by molar-refractivity contribution is 0.459. The van der Waals surface area contributed by atoms with E-state index in [-0.39, 0.29) is 5.63 Å². The Morgan fingerprint density at radius 1 is 0.952 bits per heavy atom. The highest BCUT2D eigenvalue weighted by molar-refractivity contribution is 6.00. The van der Waals surface area contributed by atoms with E-state index < -0.39 is 0 Å². The largest absolute Gasteiger partial charge is 0.423 e. The summed E-state index contributed by atoms with van der Waals surface area (Å²) in [7, 11) is 0. The Morgan fingerprint density at radius 2 is 1.76 bits per heavy atom. The first-order chi connectivity index (χ1) is 10.2. The molecule has 0 amide bonds. The standard InChI is InChI=1S/C17H11NO3/c1-10-7-16(19)20-14-9-15-13(8-12(10)14)17(18-21-15)11-5-3-2-4-6-11/h2-9H,1H3. The molecular weight excluding hydrogens is 266 g/mol. The monoisotopic (exact) mass is 277 g/mol. The van der Waals surface area contributed by atoms with Gasteiger partial charge in [-0.3, -0.25) is 0 Å². The molecule has 4 aromatic rings. The highest BCUT2D eigenvalue weighted by atomic mass is 16.5. The number of fused-ring (bicyclic) bond motifs is 2. The van der Waals surface area contributed by atoms with Gasteiger partial charge in [-0.05, 0) is 18.6 Å². The lowest BCUT2D eigenvalue weighted by atomic mass is 10.0. The molecule has 2 aromatic carbocycles. The van der Waals surface area contributed by atoms with Gasteiger partial charge in [0.2, 0.25) is 0 Å². The van der Waals surface area contributed by atoms with Crippen LogP contribution in [0.5, 0.6) is 0 Å². The normalized spacial score (nSPS) is 11.3. The number of benzene rings is 2. The molecule has 0 spiro atoms. The smallest absolute Gasteiger partial charge is 0.336 e. The predicted octanol–water partition coefficient (Wildman–Crippen LogP) is 3.91. The van der Waals surface area contributed by atoms with E-state index in [1.165, 1.54) is 6.07 Å². The van der Waals surface area contributed by atoms with Crippen molar-refractivity contribution >= 4 is 21.9 Å². The second kappa shape index (κ2) is 4.31. The minimum absolute atomic E-state index is 0.359. The number of nitrogens with zero attached hydrogens (tertiary/aromatic N) is 1. The summed E-state index contributed by atoms with van der Waals surface area (Å²) in [6.07, 6.45) is 0. The molecule has 2 heterocycles. The fraction of sp³-hybridized carbons (Fsp3) is 0.0588. The Balaban J connectivity index is 2.09. The van der Waals surface area contributed by atoms with Gasteiger partial charge in [-0.15, -0.1) is 0 Å². The van der Waals surface area contributed by atoms with E-state index in [1.807, 2.05) is 43.3 Å². The molecule has 0 radical (unpaired) electrons. The molecule has 0 saturated carbocycles. The summed E-state index contributed by atoms with van der Waals surface area (Å²) in [6.45, 7) is 1.89. The molecule has 4 heteroatoms. The molecule has 21 heavy (non-hydrogen) atoms. The average molecular weight is 277 g/mol. The van der Waals surface area contributed by atoms with Crippen molar-refractivity contribution in [1.29, 1.82) is 0 Å². The van der Waals surface area contributed by atoms with Crippen LogP contribution in [-0.2, 0) is 0 Å². The van der Waals surface area contributed by atoms with Crippen molar-refractivity contribution in [2.45, 2.75) is 6.92 Å². The molecule has 102 valence electrons. The molecule has 2 aromatic heterocycles. The second-order valence-electron chi connectivity index (χ2n) is 4.99. The molecule has 0 bridgehead atoms. The Kier molecular flexibility index (Phi) is 2.44. The van der Waals surface area contributed by atoms with Crippen LogP contribution in [-0.4, -0.2) is 5.16 Å². The zero-order valence-corrected chi connectivity index (χ0v) is 11.3. The molecule has 0 fully saturated rings. The van der Waals surface area contributed by atoms with Crippen LogP contribution in [0.15, 0.2) is 62.3 Å². The zero-order valence-electron chi connectivity index (χ0n) is 11.3. The summed E-state index contributed by atoms with van der Waals surface area (Å²) in [5.74, 6) is 0. The van der Waals surface area contributed by atoms with Crippen molar-refractivity contribution in [3.8, 4) is 11.3 Å². The number of hydrogen-bond acceptors (Lipinski definition) is 4. The summed E-state index contributed by atoms with van der Waals surface area (Å²) in [5, 5.41) is 5.95. The van der Waals surface area contributed by atoms with Gasteiger partial charge < -0.3 is 8.94 Å². The Morgan fingerprint density at radius 3 is 2.57 bits per heavy atom. The first kappa shape index (κ1) is 11.9. The van der Waals surface area contributed by atoms with Gasteiger partial charge in [-0.25, -0.2) is 4.79 Å². The molecule has 0 aliphatic heterocycles. The molecule has 0 aliphatic carbocycles. The van der Waals surface area contributed by atoms with E-state index in [4.69, 9.17) is 8.94 Å². The maximum absolute atomic E-state index is 11.5. The average Bonchev–Trinajstić information content (AvgIpc) is 2.89. The Labute approximate surface area is 119 Å². The minimum Gasteiger partial charge on any atom is -0.423 e. The highest BCUT2D eigenvalue weighted by Crippen LogP contribution is 2.31. The van der Waals surface area contributed by atoms with E-state index in [2.05, 4.69) is 5.16 Å². The van der Waals surface area contributed by atoms with Crippen LogP contribution in [0.3, 0.4) is 0 Å². The first-order valence-electron chi connectivity index (χ1n) is 6.62. The summed E-state index contributed by atoms with van der Waals surface area (Å²) in [4.78, 5) is 11.5. The fourth-order valence-electron chi connectivity index (χ4n) is 2.55. The highest BCUT2D eigenvalue weighted by Gasteiger charge is 2.13. The lowest BCUT2D eigenvalue weighted by Crippen LogP contribution is -1.97. The van der Waals surface area contributed by atoms with E-state index in [9.17, 15) is 4.79 Å². The number of hydrogen-bond donors (Lipinski definition) is 0. The van der Waals surface area contributed by atoms with Gasteiger partial charge in [0.1, 0.15) is 11.3 Å². The van der Waals surface area contributed by atoms with Gasteiger partial charge in [-0.1, -0.05) is 35.5 Å². The van der Waals surface area contributed by atoms with Crippen LogP contribution in [0, 0.1) is 6.92 Å².